The highest BCUT2D eigenvalue weighted by atomic mass is 19.1. The van der Waals surface area contributed by atoms with E-state index < -0.39 is 0 Å². The normalized spacial score (nSPS) is 11.0. The first kappa shape index (κ1) is 27.0. The number of hydrogen-bond donors (Lipinski definition) is 0. The zero-order chi connectivity index (χ0) is 29.9. The average Bonchev–Trinajstić information content (AvgIpc) is 3.09. The minimum absolute atomic E-state index is 0.343. The Morgan fingerprint density at radius 1 is 0.273 bits per heavy atom. The number of aromatic nitrogens is 3. The molecule has 0 unspecified atom stereocenters. The molecule has 0 atom stereocenters. The third kappa shape index (κ3) is 5.76. The zero-order valence-electron chi connectivity index (χ0n) is 23.5. The first-order valence-electron chi connectivity index (χ1n) is 14.2. The molecule has 210 valence electrons. The summed E-state index contributed by atoms with van der Waals surface area (Å²) in [4.78, 5) is 14.1. The molecule has 0 bridgehead atoms. The second-order valence-electron chi connectivity index (χ2n) is 10.4. The Hall–Kier alpha value is -5.81. The van der Waals surface area contributed by atoms with Crippen LogP contribution in [0.5, 0.6) is 0 Å². The Morgan fingerprint density at radius 3 is 0.886 bits per heavy atom. The van der Waals surface area contributed by atoms with Crippen molar-refractivity contribution in [3.05, 3.63) is 163 Å². The van der Waals surface area contributed by atoms with E-state index in [9.17, 15) is 8.78 Å². The molecule has 0 radical (unpaired) electrons. The molecule has 0 aliphatic heterocycles. The molecule has 0 aliphatic rings. The van der Waals surface area contributed by atoms with Crippen molar-refractivity contribution in [1.29, 1.82) is 0 Å². The number of halogens is 2. The van der Waals surface area contributed by atoms with Gasteiger partial charge in [0.1, 0.15) is 11.6 Å². The Morgan fingerprint density at radius 2 is 0.545 bits per heavy atom. The van der Waals surface area contributed by atoms with Gasteiger partial charge in [0, 0.05) is 16.7 Å². The maximum absolute atomic E-state index is 13.7. The lowest BCUT2D eigenvalue weighted by Crippen LogP contribution is -2.00. The van der Waals surface area contributed by atoms with Crippen LogP contribution in [-0.4, -0.2) is 15.0 Å². The Labute approximate surface area is 254 Å². The van der Waals surface area contributed by atoms with Crippen LogP contribution in [-0.2, 0) is 0 Å². The van der Waals surface area contributed by atoms with E-state index in [1.807, 2.05) is 48.5 Å². The van der Waals surface area contributed by atoms with Gasteiger partial charge in [-0.15, -0.1) is 0 Å². The van der Waals surface area contributed by atoms with Crippen LogP contribution in [0, 0.1) is 11.6 Å². The predicted molar refractivity (Wildman–Crippen MR) is 172 cm³/mol. The first-order chi connectivity index (χ1) is 21.6. The molecule has 0 saturated carbocycles. The minimum Gasteiger partial charge on any atom is -0.208 e. The van der Waals surface area contributed by atoms with Crippen molar-refractivity contribution in [3.63, 3.8) is 0 Å². The summed E-state index contributed by atoms with van der Waals surface area (Å²) in [7, 11) is 0. The molecule has 0 spiro atoms. The molecular weight excluding hydrogens is 548 g/mol. The van der Waals surface area contributed by atoms with Crippen molar-refractivity contribution >= 4 is 0 Å². The molecule has 1 heterocycles. The van der Waals surface area contributed by atoms with Crippen LogP contribution >= 0.6 is 0 Å². The molecule has 0 aliphatic carbocycles. The maximum atomic E-state index is 13.7. The highest BCUT2D eigenvalue weighted by Gasteiger charge is 2.14. The Kier molecular flexibility index (Phi) is 7.27. The molecule has 3 nitrogen and oxygen atoms in total. The standard InChI is InChI=1S/C39H25F2N3/c40-35-19-15-30(16-20-35)38-42-37(43-39(44-38)31-17-21-36(41)22-18-31)29-13-11-28(12-14-29)34-24-32(26-7-3-1-4-8-26)23-33(25-34)27-9-5-2-6-10-27/h1-25H. The van der Waals surface area contributed by atoms with Crippen LogP contribution in [0.4, 0.5) is 8.78 Å². The highest BCUT2D eigenvalue weighted by molar-refractivity contribution is 5.82. The van der Waals surface area contributed by atoms with Gasteiger partial charge >= 0.3 is 0 Å². The topological polar surface area (TPSA) is 38.7 Å². The molecular formula is C39H25F2N3. The van der Waals surface area contributed by atoms with Gasteiger partial charge in [-0.05, 0) is 100 Å². The molecule has 44 heavy (non-hydrogen) atoms. The smallest absolute Gasteiger partial charge is 0.164 e. The lowest BCUT2D eigenvalue weighted by atomic mass is 9.93. The SMILES string of the molecule is Fc1ccc(-c2nc(-c3ccc(F)cc3)nc(-c3ccc(-c4cc(-c5ccccc5)cc(-c5ccccc5)c4)cc3)n2)cc1. The minimum atomic E-state index is -0.343. The van der Waals surface area contributed by atoms with Crippen molar-refractivity contribution < 1.29 is 8.78 Å². The molecule has 5 heteroatoms. The molecule has 6 aromatic carbocycles. The van der Waals surface area contributed by atoms with E-state index in [1.54, 1.807) is 24.3 Å². The third-order valence-corrected chi connectivity index (χ3v) is 7.46. The molecule has 7 rings (SSSR count). The predicted octanol–water partition coefficient (Wildman–Crippen LogP) is 10.2. The van der Waals surface area contributed by atoms with Gasteiger partial charge in [-0.1, -0.05) is 84.9 Å². The molecule has 0 saturated heterocycles. The van der Waals surface area contributed by atoms with Gasteiger partial charge in [0.15, 0.2) is 17.5 Å². The van der Waals surface area contributed by atoms with Gasteiger partial charge in [-0.25, -0.2) is 23.7 Å². The van der Waals surface area contributed by atoms with Crippen LogP contribution in [0.1, 0.15) is 0 Å². The van der Waals surface area contributed by atoms with E-state index in [4.69, 9.17) is 9.97 Å². The average molecular weight is 574 g/mol. The monoisotopic (exact) mass is 573 g/mol. The van der Waals surface area contributed by atoms with Crippen LogP contribution in [0.15, 0.2) is 152 Å². The van der Waals surface area contributed by atoms with Crippen molar-refractivity contribution in [2.24, 2.45) is 0 Å². The quantitative estimate of drug-likeness (QED) is 0.199. The third-order valence-electron chi connectivity index (χ3n) is 7.46. The molecule has 0 fully saturated rings. The number of benzene rings is 6. The fraction of sp³-hybridized carbons (Fsp3) is 0. The Balaban J connectivity index is 1.31. The van der Waals surface area contributed by atoms with E-state index in [1.165, 1.54) is 24.3 Å². The van der Waals surface area contributed by atoms with E-state index in [0.29, 0.717) is 28.6 Å². The molecule has 1 aromatic heterocycles. The summed E-state index contributed by atoms with van der Waals surface area (Å²) in [5, 5.41) is 0. The van der Waals surface area contributed by atoms with Crippen molar-refractivity contribution in [3.8, 4) is 67.5 Å². The highest BCUT2D eigenvalue weighted by Crippen LogP contribution is 2.34. The number of rotatable bonds is 6. The van der Waals surface area contributed by atoms with Crippen LogP contribution in [0.25, 0.3) is 67.5 Å². The lowest BCUT2D eigenvalue weighted by molar-refractivity contribution is 0.627. The lowest BCUT2D eigenvalue weighted by Gasteiger charge is -2.12. The van der Waals surface area contributed by atoms with Gasteiger partial charge in [0.25, 0.3) is 0 Å². The maximum Gasteiger partial charge on any atom is 0.164 e. The summed E-state index contributed by atoms with van der Waals surface area (Å²) in [5.41, 5.74) is 8.81. The second-order valence-corrected chi connectivity index (χ2v) is 10.4. The fourth-order valence-electron chi connectivity index (χ4n) is 5.16. The van der Waals surface area contributed by atoms with Gasteiger partial charge in [-0.2, -0.15) is 0 Å². The van der Waals surface area contributed by atoms with Crippen molar-refractivity contribution in [1.82, 2.24) is 15.0 Å². The van der Waals surface area contributed by atoms with Crippen LogP contribution in [0.2, 0.25) is 0 Å². The molecule has 0 amide bonds. The van der Waals surface area contributed by atoms with Crippen molar-refractivity contribution in [2.75, 3.05) is 0 Å². The summed E-state index contributed by atoms with van der Waals surface area (Å²) >= 11 is 0. The first-order valence-corrected chi connectivity index (χ1v) is 14.2. The number of hydrogen-bond acceptors (Lipinski definition) is 3. The van der Waals surface area contributed by atoms with E-state index in [0.717, 1.165) is 38.9 Å². The van der Waals surface area contributed by atoms with E-state index in [2.05, 4.69) is 59.6 Å². The zero-order valence-corrected chi connectivity index (χ0v) is 23.5. The van der Waals surface area contributed by atoms with E-state index >= 15 is 0 Å². The Bertz CT molecular complexity index is 1920. The van der Waals surface area contributed by atoms with Crippen LogP contribution in [0.3, 0.4) is 0 Å². The van der Waals surface area contributed by atoms with Gasteiger partial charge < -0.3 is 0 Å². The fourth-order valence-corrected chi connectivity index (χ4v) is 5.16. The van der Waals surface area contributed by atoms with Crippen molar-refractivity contribution in [2.45, 2.75) is 0 Å². The summed E-state index contributed by atoms with van der Waals surface area (Å²) < 4.78 is 27.3. The summed E-state index contributed by atoms with van der Waals surface area (Å²) in [5.74, 6) is 0.587. The second kappa shape index (κ2) is 11.8. The largest absolute Gasteiger partial charge is 0.208 e. The molecule has 0 N–H and O–H groups in total. The summed E-state index contributed by atoms with van der Waals surface area (Å²) in [6.07, 6.45) is 0. The van der Waals surface area contributed by atoms with Gasteiger partial charge in [0.05, 0.1) is 0 Å². The molecule has 7 aromatic rings. The van der Waals surface area contributed by atoms with Gasteiger partial charge in [0.2, 0.25) is 0 Å². The summed E-state index contributed by atoms with van der Waals surface area (Å²) in [6, 6.07) is 47.5. The summed E-state index contributed by atoms with van der Waals surface area (Å²) in [6.45, 7) is 0. The number of nitrogens with zero attached hydrogens (tertiary/aromatic N) is 3. The van der Waals surface area contributed by atoms with Crippen LogP contribution < -0.4 is 0 Å². The van der Waals surface area contributed by atoms with E-state index in [-0.39, 0.29) is 11.6 Å². The van der Waals surface area contributed by atoms with Gasteiger partial charge in [-0.3, -0.25) is 0 Å².